The van der Waals surface area contributed by atoms with Crippen LogP contribution in [0.1, 0.15) is 61.9 Å². The molecule has 2 heterocycles. The van der Waals surface area contributed by atoms with Crippen LogP contribution in [-0.4, -0.2) is 22.9 Å². The fourth-order valence-electron chi connectivity index (χ4n) is 3.17. The van der Waals surface area contributed by atoms with Gasteiger partial charge in [-0.3, -0.25) is 10.1 Å². The molecule has 0 radical (unpaired) electrons. The summed E-state index contributed by atoms with van der Waals surface area (Å²) in [5.41, 5.74) is -0.208. The van der Waals surface area contributed by atoms with Crippen molar-refractivity contribution in [3.8, 4) is 0 Å². The zero-order valence-corrected chi connectivity index (χ0v) is 14.1. The summed E-state index contributed by atoms with van der Waals surface area (Å²) in [6, 6.07) is 4.33. The summed E-state index contributed by atoms with van der Waals surface area (Å²) in [5, 5.41) is 3.61. The van der Waals surface area contributed by atoms with E-state index in [9.17, 15) is 4.79 Å². The second-order valence-electron chi connectivity index (χ2n) is 6.97. The minimum absolute atomic E-state index is 0.109. The van der Waals surface area contributed by atoms with E-state index < -0.39 is 0 Å². The average molecular weight is 306 g/mol. The van der Waals surface area contributed by atoms with Gasteiger partial charge in [-0.05, 0) is 44.2 Å². The Labute approximate surface area is 131 Å². The third kappa shape index (κ3) is 3.02. The number of hydrogen-bond acceptors (Lipinski definition) is 3. The molecule has 1 N–H and O–H groups in total. The molecule has 3 rings (SSSR count). The highest BCUT2D eigenvalue weighted by Gasteiger charge is 2.59. The first-order chi connectivity index (χ1) is 10.0. The lowest BCUT2D eigenvalue weighted by Crippen LogP contribution is -2.32. The number of aryl methyl sites for hydroxylation is 1. The van der Waals surface area contributed by atoms with Crippen molar-refractivity contribution in [1.82, 2.24) is 10.2 Å². The van der Waals surface area contributed by atoms with Gasteiger partial charge in [-0.1, -0.05) is 26.7 Å². The van der Waals surface area contributed by atoms with Crippen LogP contribution in [-0.2, 0) is 4.79 Å². The van der Waals surface area contributed by atoms with Crippen LogP contribution in [0.5, 0.6) is 0 Å². The Balaban J connectivity index is 1.67. The van der Waals surface area contributed by atoms with Gasteiger partial charge in [-0.15, -0.1) is 11.3 Å². The molecule has 116 valence electrons. The van der Waals surface area contributed by atoms with Crippen molar-refractivity contribution in [3.63, 3.8) is 0 Å². The Hall–Kier alpha value is -0.870. The van der Waals surface area contributed by atoms with Crippen molar-refractivity contribution in [2.75, 3.05) is 6.54 Å². The molecule has 2 aliphatic rings. The molecule has 1 aliphatic heterocycles. The highest BCUT2D eigenvalue weighted by molar-refractivity contribution is 7.12. The molecule has 1 aliphatic carbocycles. The quantitative estimate of drug-likeness (QED) is 0.810. The van der Waals surface area contributed by atoms with Crippen LogP contribution in [0, 0.1) is 12.8 Å². The maximum absolute atomic E-state index is 12.7. The van der Waals surface area contributed by atoms with Gasteiger partial charge in [0.1, 0.15) is 11.7 Å². The lowest BCUT2D eigenvalue weighted by atomic mass is 10.1. The van der Waals surface area contributed by atoms with Crippen LogP contribution in [0.15, 0.2) is 12.1 Å². The molecule has 1 saturated heterocycles. The van der Waals surface area contributed by atoms with E-state index >= 15 is 0 Å². The van der Waals surface area contributed by atoms with E-state index in [-0.39, 0.29) is 11.7 Å². The number of unbranched alkanes of at least 4 members (excludes halogenated alkanes) is 1. The minimum Gasteiger partial charge on any atom is -0.320 e. The van der Waals surface area contributed by atoms with Gasteiger partial charge < -0.3 is 4.90 Å². The Morgan fingerprint density at radius 1 is 1.38 bits per heavy atom. The van der Waals surface area contributed by atoms with Crippen LogP contribution in [0.25, 0.3) is 0 Å². The normalized spacial score (nSPS) is 23.5. The number of carbonyl (C=O) groups is 1. The molecule has 0 bridgehead atoms. The minimum atomic E-state index is -0.208. The Kier molecular flexibility index (Phi) is 4.10. The van der Waals surface area contributed by atoms with Gasteiger partial charge in [0, 0.05) is 16.3 Å². The number of nitrogens with zero attached hydrogens (tertiary/aromatic N) is 1. The largest absolute Gasteiger partial charge is 0.320 e. The van der Waals surface area contributed by atoms with Gasteiger partial charge in [0.05, 0.1) is 0 Å². The lowest BCUT2D eigenvalue weighted by molar-refractivity contribution is -0.130. The molecule has 1 atom stereocenters. The van der Waals surface area contributed by atoms with Crippen LogP contribution in [0.3, 0.4) is 0 Å². The van der Waals surface area contributed by atoms with Gasteiger partial charge in [-0.25, -0.2) is 0 Å². The van der Waals surface area contributed by atoms with E-state index in [2.05, 4.69) is 43.1 Å². The number of hydrogen-bond donors (Lipinski definition) is 1. The highest BCUT2D eigenvalue weighted by atomic mass is 32.1. The van der Waals surface area contributed by atoms with Crippen LogP contribution in [0.2, 0.25) is 0 Å². The van der Waals surface area contributed by atoms with Crippen molar-refractivity contribution in [3.05, 3.63) is 21.9 Å². The van der Waals surface area contributed by atoms with E-state index in [1.807, 2.05) is 11.3 Å². The molecule has 1 unspecified atom stereocenters. The molecule has 0 aromatic carbocycles. The first-order valence-corrected chi connectivity index (χ1v) is 8.98. The average Bonchev–Trinajstić information content (AvgIpc) is 3.01. The topological polar surface area (TPSA) is 32.3 Å². The SMILES string of the molecule is Cc1ccc(C2NC3(CC3)C(=O)N2CCCCC(C)C)s1. The third-order valence-electron chi connectivity index (χ3n) is 4.61. The molecule has 1 aromatic rings. The summed E-state index contributed by atoms with van der Waals surface area (Å²) in [7, 11) is 0. The smallest absolute Gasteiger partial charge is 0.244 e. The maximum Gasteiger partial charge on any atom is 0.244 e. The van der Waals surface area contributed by atoms with Crippen molar-refractivity contribution < 1.29 is 4.79 Å². The second kappa shape index (κ2) is 5.73. The van der Waals surface area contributed by atoms with E-state index in [4.69, 9.17) is 0 Å². The second-order valence-corrected chi connectivity index (χ2v) is 8.29. The van der Waals surface area contributed by atoms with Crippen molar-refractivity contribution in [2.45, 2.75) is 64.6 Å². The van der Waals surface area contributed by atoms with Gasteiger partial charge >= 0.3 is 0 Å². The molecule has 1 spiro atoms. The monoisotopic (exact) mass is 306 g/mol. The van der Waals surface area contributed by atoms with Crippen molar-refractivity contribution in [1.29, 1.82) is 0 Å². The fourth-order valence-corrected chi connectivity index (χ4v) is 4.11. The van der Waals surface area contributed by atoms with Crippen LogP contribution >= 0.6 is 11.3 Å². The predicted molar refractivity (Wildman–Crippen MR) is 87.3 cm³/mol. The first-order valence-electron chi connectivity index (χ1n) is 8.17. The fraction of sp³-hybridized carbons (Fsp3) is 0.706. The lowest BCUT2D eigenvalue weighted by Gasteiger charge is -2.23. The molecule has 1 aromatic heterocycles. The number of carbonyl (C=O) groups excluding carboxylic acids is 1. The summed E-state index contributed by atoms with van der Waals surface area (Å²) in [4.78, 5) is 17.4. The van der Waals surface area contributed by atoms with Crippen LogP contribution in [0.4, 0.5) is 0 Å². The number of rotatable bonds is 6. The molecule has 1 saturated carbocycles. The van der Waals surface area contributed by atoms with E-state index in [1.54, 1.807) is 0 Å². The summed E-state index contributed by atoms with van der Waals surface area (Å²) in [6.07, 6.45) is 5.71. The van der Waals surface area contributed by atoms with Gasteiger partial charge in [-0.2, -0.15) is 0 Å². The molecular weight excluding hydrogens is 280 g/mol. The predicted octanol–water partition coefficient (Wildman–Crippen LogP) is 3.85. The van der Waals surface area contributed by atoms with Gasteiger partial charge in [0.25, 0.3) is 0 Å². The molecule has 1 amide bonds. The summed E-state index contributed by atoms with van der Waals surface area (Å²) in [6.45, 7) is 7.55. The summed E-state index contributed by atoms with van der Waals surface area (Å²) in [5.74, 6) is 1.09. The van der Waals surface area contributed by atoms with E-state index in [0.29, 0.717) is 5.91 Å². The highest BCUT2D eigenvalue weighted by Crippen LogP contribution is 2.46. The standard InChI is InChI=1S/C17H26N2OS/c1-12(2)6-4-5-11-19-15(14-8-7-13(3)21-14)18-17(9-10-17)16(19)20/h7-8,12,15,18H,4-6,9-11H2,1-3H3. The molecule has 3 nitrogen and oxygen atoms in total. The molecule has 21 heavy (non-hydrogen) atoms. The third-order valence-corrected chi connectivity index (χ3v) is 5.66. The Morgan fingerprint density at radius 3 is 2.71 bits per heavy atom. The van der Waals surface area contributed by atoms with Crippen molar-refractivity contribution >= 4 is 17.2 Å². The number of amides is 1. The number of thiophene rings is 1. The van der Waals surface area contributed by atoms with Crippen molar-refractivity contribution in [2.24, 2.45) is 5.92 Å². The van der Waals surface area contributed by atoms with Gasteiger partial charge in [0.15, 0.2) is 0 Å². The van der Waals surface area contributed by atoms with E-state index in [1.165, 1.54) is 22.6 Å². The molecule has 2 fully saturated rings. The molecular formula is C17H26N2OS. The molecule has 4 heteroatoms. The zero-order valence-electron chi connectivity index (χ0n) is 13.3. The Morgan fingerprint density at radius 2 is 2.14 bits per heavy atom. The van der Waals surface area contributed by atoms with Crippen LogP contribution < -0.4 is 5.32 Å². The van der Waals surface area contributed by atoms with E-state index in [0.717, 1.165) is 31.7 Å². The Bertz CT molecular complexity index is 519. The first kappa shape index (κ1) is 15.0. The van der Waals surface area contributed by atoms with Gasteiger partial charge in [0.2, 0.25) is 5.91 Å². The number of nitrogens with one attached hydrogen (secondary N) is 1. The summed E-state index contributed by atoms with van der Waals surface area (Å²) >= 11 is 1.81. The zero-order chi connectivity index (χ0) is 15.0. The summed E-state index contributed by atoms with van der Waals surface area (Å²) < 4.78 is 0. The maximum atomic E-state index is 12.7.